The number of carbonyl (C=O) groups excluding carboxylic acids is 1. The zero-order chi connectivity index (χ0) is 12.3. The van der Waals surface area contributed by atoms with Gasteiger partial charge >= 0.3 is 0 Å². The van der Waals surface area contributed by atoms with Crippen LogP contribution in [0.15, 0.2) is 12.7 Å². The zero-order valence-electron chi connectivity index (χ0n) is 10.3. The molecule has 1 fully saturated rings. The number of carbonyl (C=O) groups is 1. The minimum atomic E-state index is -0.192. The molecule has 1 saturated heterocycles. The van der Waals surface area contributed by atoms with Gasteiger partial charge in [0.2, 0.25) is 5.91 Å². The van der Waals surface area contributed by atoms with Gasteiger partial charge in [0, 0.05) is 26.2 Å². The highest BCUT2D eigenvalue weighted by Crippen LogP contribution is 2.20. The van der Waals surface area contributed by atoms with Crippen LogP contribution in [-0.2, 0) is 4.79 Å². The first-order valence-electron chi connectivity index (χ1n) is 6.03. The molecule has 1 aromatic heterocycles. The number of rotatable bonds is 3. The van der Waals surface area contributed by atoms with Gasteiger partial charge in [0.05, 0.1) is 0 Å². The topological polar surface area (TPSA) is 63.1 Å². The van der Waals surface area contributed by atoms with Gasteiger partial charge in [0.15, 0.2) is 0 Å². The van der Waals surface area contributed by atoms with Crippen LogP contribution in [0.3, 0.4) is 0 Å². The van der Waals surface area contributed by atoms with Crippen molar-refractivity contribution in [3.63, 3.8) is 0 Å². The summed E-state index contributed by atoms with van der Waals surface area (Å²) < 4.78 is 1.80. The molecule has 0 aliphatic carbocycles. The van der Waals surface area contributed by atoms with Crippen molar-refractivity contribution < 1.29 is 4.79 Å². The third-order valence-corrected chi connectivity index (χ3v) is 3.07. The second-order valence-corrected chi connectivity index (χ2v) is 4.67. The maximum atomic E-state index is 12.5. The van der Waals surface area contributed by atoms with Gasteiger partial charge in [-0.2, -0.15) is 0 Å². The Balaban J connectivity index is 2.13. The van der Waals surface area contributed by atoms with E-state index in [-0.39, 0.29) is 17.9 Å². The van der Waals surface area contributed by atoms with Crippen molar-refractivity contribution in [2.45, 2.75) is 19.9 Å². The molecule has 94 valence electrons. The predicted octanol–water partition coefficient (Wildman–Crippen LogP) is -0.0930. The molecule has 17 heavy (non-hydrogen) atoms. The summed E-state index contributed by atoms with van der Waals surface area (Å²) >= 11 is 0. The quantitative estimate of drug-likeness (QED) is 0.798. The summed E-state index contributed by atoms with van der Waals surface area (Å²) in [4.78, 5) is 14.4. The van der Waals surface area contributed by atoms with Gasteiger partial charge in [-0.05, 0) is 5.92 Å². The molecule has 1 aliphatic rings. The van der Waals surface area contributed by atoms with E-state index in [0.29, 0.717) is 0 Å². The molecule has 1 aromatic rings. The van der Waals surface area contributed by atoms with Gasteiger partial charge in [0.1, 0.15) is 18.7 Å². The fourth-order valence-corrected chi connectivity index (χ4v) is 2.18. The molecular formula is C11H19N5O. The zero-order valence-corrected chi connectivity index (χ0v) is 10.3. The summed E-state index contributed by atoms with van der Waals surface area (Å²) in [5, 5.41) is 10.8. The van der Waals surface area contributed by atoms with Crippen molar-refractivity contribution >= 4 is 5.91 Å². The number of amides is 1. The van der Waals surface area contributed by atoms with E-state index >= 15 is 0 Å². The smallest absolute Gasteiger partial charge is 0.246 e. The van der Waals surface area contributed by atoms with Crippen LogP contribution in [0.25, 0.3) is 0 Å². The van der Waals surface area contributed by atoms with E-state index < -0.39 is 0 Å². The van der Waals surface area contributed by atoms with Crippen LogP contribution in [0.2, 0.25) is 0 Å². The molecule has 0 radical (unpaired) electrons. The summed E-state index contributed by atoms with van der Waals surface area (Å²) in [6.45, 7) is 7.40. The van der Waals surface area contributed by atoms with E-state index in [1.54, 1.807) is 17.2 Å². The second-order valence-electron chi connectivity index (χ2n) is 4.67. The normalized spacial score (nSPS) is 18.4. The molecule has 0 aromatic carbocycles. The van der Waals surface area contributed by atoms with Crippen LogP contribution >= 0.6 is 0 Å². The van der Waals surface area contributed by atoms with E-state index in [1.807, 2.05) is 18.7 Å². The first-order chi connectivity index (χ1) is 8.20. The summed E-state index contributed by atoms with van der Waals surface area (Å²) in [5.41, 5.74) is 0. The number of piperazine rings is 1. The average molecular weight is 237 g/mol. The van der Waals surface area contributed by atoms with Gasteiger partial charge in [-0.25, -0.2) is 0 Å². The van der Waals surface area contributed by atoms with E-state index in [4.69, 9.17) is 0 Å². The lowest BCUT2D eigenvalue weighted by Crippen LogP contribution is -2.49. The summed E-state index contributed by atoms with van der Waals surface area (Å²) in [5.74, 6) is 0.398. The SMILES string of the molecule is CC(C)C(C(=O)N1CCNCC1)n1cnnc1. The first-order valence-corrected chi connectivity index (χ1v) is 6.03. The number of aromatic nitrogens is 3. The van der Waals surface area contributed by atoms with Crippen molar-refractivity contribution in [3.05, 3.63) is 12.7 Å². The Labute approximate surface area is 101 Å². The molecule has 0 spiro atoms. The van der Waals surface area contributed by atoms with E-state index in [2.05, 4.69) is 15.5 Å². The van der Waals surface area contributed by atoms with Crippen LogP contribution in [-0.4, -0.2) is 51.8 Å². The lowest BCUT2D eigenvalue weighted by Gasteiger charge is -2.32. The predicted molar refractivity (Wildman–Crippen MR) is 63.3 cm³/mol. The molecule has 1 N–H and O–H groups in total. The van der Waals surface area contributed by atoms with Crippen molar-refractivity contribution in [2.24, 2.45) is 5.92 Å². The third kappa shape index (κ3) is 2.63. The number of nitrogens with zero attached hydrogens (tertiary/aromatic N) is 4. The van der Waals surface area contributed by atoms with Crippen LogP contribution in [0.5, 0.6) is 0 Å². The molecule has 0 saturated carbocycles. The Hall–Kier alpha value is -1.43. The highest BCUT2D eigenvalue weighted by molar-refractivity contribution is 5.80. The standard InChI is InChI=1S/C11H19N5O/c1-9(2)10(16-7-13-14-8-16)11(17)15-5-3-12-4-6-15/h7-10,12H,3-6H2,1-2H3. The van der Waals surface area contributed by atoms with E-state index in [9.17, 15) is 4.79 Å². The molecule has 2 heterocycles. The Morgan fingerprint density at radius 2 is 1.82 bits per heavy atom. The summed E-state index contributed by atoms with van der Waals surface area (Å²) in [6, 6.07) is -0.192. The molecule has 1 aliphatic heterocycles. The van der Waals surface area contributed by atoms with Crippen molar-refractivity contribution in [3.8, 4) is 0 Å². The highest BCUT2D eigenvalue weighted by atomic mass is 16.2. The Kier molecular flexibility index (Phi) is 3.73. The highest BCUT2D eigenvalue weighted by Gasteiger charge is 2.29. The Morgan fingerprint density at radius 1 is 1.24 bits per heavy atom. The molecule has 6 nitrogen and oxygen atoms in total. The van der Waals surface area contributed by atoms with Crippen LogP contribution < -0.4 is 5.32 Å². The fraction of sp³-hybridized carbons (Fsp3) is 0.727. The van der Waals surface area contributed by atoms with Crippen molar-refractivity contribution in [1.82, 2.24) is 25.0 Å². The van der Waals surface area contributed by atoms with Gasteiger partial charge in [-0.1, -0.05) is 13.8 Å². The number of hydrogen-bond acceptors (Lipinski definition) is 4. The summed E-state index contributed by atoms with van der Waals surface area (Å²) in [6.07, 6.45) is 3.23. The van der Waals surface area contributed by atoms with Crippen LogP contribution in [0, 0.1) is 5.92 Å². The lowest BCUT2D eigenvalue weighted by atomic mass is 10.0. The minimum Gasteiger partial charge on any atom is -0.338 e. The van der Waals surface area contributed by atoms with Crippen LogP contribution in [0.1, 0.15) is 19.9 Å². The maximum absolute atomic E-state index is 12.5. The summed E-state index contributed by atoms with van der Waals surface area (Å²) in [7, 11) is 0. The third-order valence-electron chi connectivity index (χ3n) is 3.07. The lowest BCUT2D eigenvalue weighted by molar-refractivity contribution is -0.136. The molecule has 6 heteroatoms. The molecule has 1 unspecified atom stereocenters. The average Bonchev–Trinajstić information content (AvgIpc) is 2.83. The number of nitrogens with one attached hydrogen (secondary N) is 1. The number of hydrogen-bond donors (Lipinski definition) is 1. The largest absolute Gasteiger partial charge is 0.338 e. The van der Waals surface area contributed by atoms with Gasteiger partial charge in [-0.15, -0.1) is 10.2 Å². The molecule has 1 amide bonds. The van der Waals surface area contributed by atoms with E-state index in [0.717, 1.165) is 26.2 Å². The maximum Gasteiger partial charge on any atom is 0.246 e. The van der Waals surface area contributed by atoms with Crippen molar-refractivity contribution in [2.75, 3.05) is 26.2 Å². The molecule has 1 atom stereocenters. The molecular weight excluding hydrogens is 218 g/mol. The monoisotopic (exact) mass is 237 g/mol. The molecule has 0 bridgehead atoms. The van der Waals surface area contributed by atoms with Crippen LogP contribution in [0.4, 0.5) is 0 Å². The Bertz CT molecular complexity index is 356. The molecule has 2 rings (SSSR count). The van der Waals surface area contributed by atoms with E-state index in [1.165, 1.54) is 0 Å². The fourth-order valence-electron chi connectivity index (χ4n) is 2.18. The van der Waals surface area contributed by atoms with Crippen molar-refractivity contribution in [1.29, 1.82) is 0 Å². The Morgan fingerprint density at radius 3 is 2.35 bits per heavy atom. The minimum absolute atomic E-state index is 0.168. The van der Waals surface area contributed by atoms with Gasteiger partial charge in [-0.3, -0.25) is 4.79 Å². The first kappa shape index (κ1) is 12.0. The van der Waals surface area contributed by atoms with Gasteiger partial charge < -0.3 is 14.8 Å². The second kappa shape index (κ2) is 5.27. The van der Waals surface area contributed by atoms with Gasteiger partial charge in [0.25, 0.3) is 0 Å².